The van der Waals surface area contributed by atoms with Crippen LogP contribution in [0.3, 0.4) is 0 Å². The summed E-state index contributed by atoms with van der Waals surface area (Å²) in [7, 11) is 0. The maximum Gasteiger partial charge on any atom is 0.187 e. The van der Waals surface area contributed by atoms with Gasteiger partial charge in [-0.15, -0.1) is 11.3 Å². The van der Waals surface area contributed by atoms with Crippen LogP contribution in [0.1, 0.15) is 5.56 Å². The maximum atomic E-state index is 12.9. The maximum absolute atomic E-state index is 12.9. The second-order valence-corrected chi connectivity index (χ2v) is 5.60. The van der Waals surface area contributed by atoms with E-state index in [0.29, 0.717) is 5.69 Å². The summed E-state index contributed by atoms with van der Waals surface area (Å²) in [5.74, 6) is -0.247. The van der Waals surface area contributed by atoms with Gasteiger partial charge in [0.2, 0.25) is 0 Å². The SMILES string of the molecule is Cc1ccc(N)cc1Nc1nc(-c2ccc(F)cc2)cs1. The van der Waals surface area contributed by atoms with E-state index in [-0.39, 0.29) is 5.82 Å². The molecule has 0 aliphatic carbocycles. The van der Waals surface area contributed by atoms with Gasteiger partial charge >= 0.3 is 0 Å². The average Bonchev–Trinajstić information content (AvgIpc) is 2.92. The quantitative estimate of drug-likeness (QED) is 0.696. The van der Waals surface area contributed by atoms with E-state index in [9.17, 15) is 4.39 Å². The summed E-state index contributed by atoms with van der Waals surface area (Å²) in [4.78, 5) is 4.52. The van der Waals surface area contributed by atoms with Crippen molar-refractivity contribution < 1.29 is 4.39 Å². The number of benzene rings is 2. The first-order valence-corrected chi connectivity index (χ1v) is 7.34. The molecule has 0 aliphatic rings. The Morgan fingerprint density at radius 2 is 1.90 bits per heavy atom. The van der Waals surface area contributed by atoms with Crippen molar-refractivity contribution in [3.63, 3.8) is 0 Å². The van der Waals surface area contributed by atoms with Gasteiger partial charge in [-0.05, 0) is 48.9 Å². The molecule has 0 fully saturated rings. The number of nitrogens with zero attached hydrogens (tertiary/aromatic N) is 1. The third-order valence-electron chi connectivity index (χ3n) is 3.15. The number of halogens is 1. The summed E-state index contributed by atoms with van der Waals surface area (Å²) in [6.45, 7) is 2.01. The fourth-order valence-corrected chi connectivity index (χ4v) is 2.71. The van der Waals surface area contributed by atoms with Crippen molar-refractivity contribution in [1.29, 1.82) is 0 Å². The van der Waals surface area contributed by atoms with E-state index in [1.54, 1.807) is 12.1 Å². The van der Waals surface area contributed by atoms with Crippen LogP contribution >= 0.6 is 11.3 Å². The minimum atomic E-state index is -0.247. The lowest BCUT2D eigenvalue weighted by atomic mass is 10.2. The molecule has 1 heterocycles. The Hall–Kier alpha value is -2.40. The molecule has 5 heteroatoms. The van der Waals surface area contributed by atoms with Crippen molar-refractivity contribution in [2.24, 2.45) is 0 Å². The number of nitrogens with one attached hydrogen (secondary N) is 1. The van der Waals surface area contributed by atoms with Gasteiger partial charge in [0.15, 0.2) is 5.13 Å². The van der Waals surface area contributed by atoms with Gasteiger partial charge in [-0.3, -0.25) is 0 Å². The number of anilines is 3. The van der Waals surface area contributed by atoms with Gasteiger partial charge in [0.1, 0.15) is 5.82 Å². The van der Waals surface area contributed by atoms with E-state index < -0.39 is 0 Å². The summed E-state index contributed by atoms with van der Waals surface area (Å²) >= 11 is 1.50. The third-order valence-corrected chi connectivity index (χ3v) is 3.91. The molecule has 0 amide bonds. The molecule has 3 aromatic rings. The normalized spacial score (nSPS) is 10.6. The predicted molar refractivity (Wildman–Crippen MR) is 86.4 cm³/mol. The number of aryl methyl sites for hydroxylation is 1. The second kappa shape index (κ2) is 5.54. The Balaban J connectivity index is 1.85. The van der Waals surface area contributed by atoms with Gasteiger partial charge in [-0.25, -0.2) is 9.37 Å². The Morgan fingerprint density at radius 1 is 1.14 bits per heavy atom. The molecule has 0 aliphatic heterocycles. The van der Waals surface area contributed by atoms with Crippen LogP contribution in [0.5, 0.6) is 0 Å². The topological polar surface area (TPSA) is 50.9 Å². The Labute approximate surface area is 126 Å². The Kier molecular flexibility index (Phi) is 3.58. The zero-order chi connectivity index (χ0) is 14.8. The first-order chi connectivity index (χ1) is 10.1. The van der Waals surface area contributed by atoms with Crippen molar-refractivity contribution in [2.45, 2.75) is 6.92 Å². The lowest BCUT2D eigenvalue weighted by molar-refractivity contribution is 0.628. The largest absolute Gasteiger partial charge is 0.399 e. The molecule has 0 radical (unpaired) electrons. The molecule has 3 N–H and O–H groups in total. The minimum Gasteiger partial charge on any atom is -0.399 e. The lowest BCUT2D eigenvalue weighted by Crippen LogP contribution is -1.94. The van der Waals surface area contributed by atoms with Crippen LogP contribution in [0.25, 0.3) is 11.3 Å². The smallest absolute Gasteiger partial charge is 0.187 e. The van der Waals surface area contributed by atoms with Crippen molar-refractivity contribution in [1.82, 2.24) is 4.98 Å². The van der Waals surface area contributed by atoms with Gasteiger partial charge in [0, 0.05) is 22.3 Å². The second-order valence-electron chi connectivity index (χ2n) is 4.74. The molecule has 0 unspecified atom stereocenters. The van der Waals surface area contributed by atoms with Crippen LogP contribution in [0, 0.1) is 12.7 Å². The molecule has 2 aromatic carbocycles. The first-order valence-electron chi connectivity index (χ1n) is 6.46. The molecule has 0 saturated carbocycles. The third kappa shape index (κ3) is 3.03. The molecule has 3 nitrogen and oxygen atoms in total. The van der Waals surface area contributed by atoms with Crippen molar-refractivity contribution in [3.8, 4) is 11.3 Å². The number of nitrogens with two attached hydrogens (primary N) is 1. The molecular formula is C16H14FN3S. The molecular weight excluding hydrogens is 285 g/mol. The molecule has 1 aromatic heterocycles. The van der Waals surface area contributed by atoms with Crippen LogP contribution in [0.4, 0.5) is 20.9 Å². The van der Waals surface area contributed by atoms with Gasteiger partial charge in [-0.1, -0.05) is 6.07 Å². The number of hydrogen-bond acceptors (Lipinski definition) is 4. The number of aromatic nitrogens is 1. The van der Waals surface area contributed by atoms with E-state index in [1.807, 2.05) is 30.5 Å². The Bertz CT molecular complexity index is 765. The summed E-state index contributed by atoms with van der Waals surface area (Å²) < 4.78 is 12.9. The van der Waals surface area contributed by atoms with Crippen LogP contribution < -0.4 is 11.1 Å². The standard InChI is InChI=1S/C16H14FN3S/c1-10-2-7-13(18)8-14(10)19-16-20-15(9-21-16)11-3-5-12(17)6-4-11/h2-9H,18H2,1H3,(H,19,20). The van der Waals surface area contributed by atoms with E-state index >= 15 is 0 Å². The number of hydrogen-bond donors (Lipinski definition) is 2. The first kappa shape index (κ1) is 13.6. The van der Waals surface area contributed by atoms with Crippen LogP contribution in [0.2, 0.25) is 0 Å². The average molecular weight is 299 g/mol. The van der Waals surface area contributed by atoms with Crippen molar-refractivity contribution in [2.75, 3.05) is 11.1 Å². The number of nitrogen functional groups attached to an aromatic ring is 1. The molecule has 106 valence electrons. The highest BCUT2D eigenvalue weighted by Crippen LogP contribution is 2.29. The monoisotopic (exact) mass is 299 g/mol. The van der Waals surface area contributed by atoms with Crippen molar-refractivity contribution in [3.05, 3.63) is 59.2 Å². The van der Waals surface area contributed by atoms with Crippen molar-refractivity contribution >= 4 is 27.8 Å². The fourth-order valence-electron chi connectivity index (χ4n) is 1.97. The van der Waals surface area contributed by atoms with Gasteiger partial charge in [-0.2, -0.15) is 0 Å². The van der Waals surface area contributed by atoms with Crippen LogP contribution in [-0.4, -0.2) is 4.98 Å². The number of rotatable bonds is 3. The van der Waals surface area contributed by atoms with E-state index in [0.717, 1.165) is 27.6 Å². The van der Waals surface area contributed by atoms with Gasteiger partial charge < -0.3 is 11.1 Å². The molecule has 0 saturated heterocycles. The molecule has 0 bridgehead atoms. The molecule has 0 spiro atoms. The lowest BCUT2D eigenvalue weighted by Gasteiger charge is -2.07. The van der Waals surface area contributed by atoms with Crippen LogP contribution in [0.15, 0.2) is 47.8 Å². The highest BCUT2D eigenvalue weighted by molar-refractivity contribution is 7.14. The van der Waals surface area contributed by atoms with Gasteiger partial charge in [0.05, 0.1) is 5.69 Å². The minimum absolute atomic E-state index is 0.247. The Morgan fingerprint density at radius 3 is 2.67 bits per heavy atom. The molecule has 0 atom stereocenters. The predicted octanol–water partition coefficient (Wildman–Crippen LogP) is 4.58. The molecule has 21 heavy (non-hydrogen) atoms. The summed E-state index contributed by atoms with van der Waals surface area (Å²) in [5.41, 5.74) is 10.3. The summed E-state index contributed by atoms with van der Waals surface area (Å²) in [6.07, 6.45) is 0. The molecule has 3 rings (SSSR count). The number of thiazole rings is 1. The zero-order valence-corrected chi connectivity index (χ0v) is 12.2. The van der Waals surface area contributed by atoms with E-state index in [2.05, 4.69) is 10.3 Å². The highest BCUT2D eigenvalue weighted by Gasteiger charge is 2.06. The van der Waals surface area contributed by atoms with E-state index in [4.69, 9.17) is 5.73 Å². The zero-order valence-electron chi connectivity index (χ0n) is 11.4. The highest BCUT2D eigenvalue weighted by atomic mass is 32.1. The summed E-state index contributed by atoms with van der Waals surface area (Å²) in [6, 6.07) is 12.0. The summed E-state index contributed by atoms with van der Waals surface area (Å²) in [5, 5.41) is 5.99. The van der Waals surface area contributed by atoms with E-state index in [1.165, 1.54) is 23.5 Å². The van der Waals surface area contributed by atoms with Gasteiger partial charge in [0.25, 0.3) is 0 Å². The fraction of sp³-hybridized carbons (Fsp3) is 0.0625. The van der Waals surface area contributed by atoms with Crippen LogP contribution in [-0.2, 0) is 0 Å².